The minimum atomic E-state index is -0.173. The summed E-state index contributed by atoms with van der Waals surface area (Å²) in [6.45, 7) is 0. The van der Waals surface area contributed by atoms with Crippen molar-refractivity contribution < 1.29 is 4.79 Å². The first kappa shape index (κ1) is 8.90. The molecule has 0 radical (unpaired) electrons. The van der Waals surface area contributed by atoms with E-state index in [0.717, 1.165) is 5.00 Å². The molecule has 0 aromatic carbocycles. The third-order valence-electron chi connectivity index (χ3n) is 1.66. The first-order valence-corrected chi connectivity index (χ1v) is 5.00. The van der Waals surface area contributed by atoms with Crippen LogP contribution in [0.25, 0.3) is 0 Å². The fourth-order valence-electron chi connectivity index (χ4n) is 1.02. The predicted molar refractivity (Wildman–Crippen MR) is 56.5 cm³/mol. The molecule has 4 heteroatoms. The van der Waals surface area contributed by atoms with Crippen LogP contribution in [0.5, 0.6) is 0 Å². The summed E-state index contributed by atoms with van der Waals surface area (Å²) in [5.74, 6) is -0.173. The SMILES string of the molecule is O=C(Nc1cccs1)c1ccccn1. The van der Waals surface area contributed by atoms with Crippen LogP contribution in [0.15, 0.2) is 41.9 Å². The highest BCUT2D eigenvalue weighted by Gasteiger charge is 2.06. The fourth-order valence-corrected chi connectivity index (χ4v) is 1.64. The van der Waals surface area contributed by atoms with Crippen molar-refractivity contribution in [3.05, 3.63) is 47.6 Å². The van der Waals surface area contributed by atoms with E-state index in [4.69, 9.17) is 0 Å². The topological polar surface area (TPSA) is 42.0 Å². The van der Waals surface area contributed by atoms with Crippen LogP contribution >= 0.6 is 11.3 Å². The summed E-state index contributed by atoms with van der Waals surface area (Å²) in [6.07, 6.45) is 1.60. The van der Waals surface area contributed by atoms with Gasteiger partial charge in [0.2, 0.25) is 0 Å². The molecule has 0 atom stereocenters. The van der Waals surface area contributed by atoms with Crippen LogP contribution < -0.4 is 5.32 Å². The molecule has 14 heavy (non-hydrogen) atoms. The molecule has 2 rings (SSSR count). The van der Waals surface area contributed by atoms with Crippen LogP contribution in [-0.4, -0.2) is 10.9 Å². The summed E-state index contributed by atoms with van der Waals surface area (Å²) in [7, 11) is 0. The second-order valence-electron chi connectivity index (χ2n) is 2.65. The van der Waals surface area contributed by atoms with Crippen molar-refractivity contribution in [3.8, 4) is 0 Å². The number of carbonyl (C=O) groups is 1. The Bertz CT molecular complexity index is 411. The number of hydrogen-bond donors (Lipinski definition) is 1. The van der Waals surface area contributed by atoms with Gasteiger partial charge in [-0.1, -0.05) is 6.07 Å². The summed E-state index contributed by atoms with van der Waals surface area (Å²) in [5.41, 5.74) is 0.431. The molecule has 1 amide bonds. The van der Waals surface area contributed by atoms with Crippen LogP contribution in [0.4, 0.5) is 5.00 Å². The van der Waals surface area contributed by atoms with E-state index in [9.17, 15) is 4.79 Å². The summed E-state index contributed by atoms with van der Waals surface area (Å²) in [5, 5.41) is 5.50. The van der Waals surface area contributed by atoms with Gasteiger partial charge in [-0.3, -0.25) is 9.78 Å². The van der Waals surface area contributed by atoms with Gasteiger partial charge < -0.3 is 5.32 Å². The van der Waals surface area contributed by atoms with E-state index in [1.807, 2.05) is 17.5 Å². The monoisotopic (exact) mass is 204 g/mol. The van der Waals surface area contributed by atoms with E-state index in [1.165, 1.54) is 11.3 Å². The highest BCUT2D eigenvalue weighted by molar-refractivity contribution is 7.14. The highest BCUT2D eigenvalue weighted by atomic mass is 32.1. The molecule has 0 aliphatic heterocycles. The lowest BCUT2D eigenvalue weighted by atomic mass is 10.3. The molecule has 0 aliphatic carbocycles. The van der Waals surface area contributed by atoms with Crippen molar-refractivity contribution in [3.63, 3.8) is 0 Å². The van der Waals surface area contributed by atoms with Crippen LogP contribution in [0.3, 0.4) is 0 Å². The maximum Gasteiger partial charge on any atom is 0.274 e. The Morgan fingerprint density at radius 3 is 2.86 bits per heavy atom. The number of aromatic nitrogens is 1. The normalized spacial score (nSPS) is 9.71. The lowest BCUT2D eigenvalue weighted by Crippen LogP contribution is -2.12. The fraction of sp³-hybridized carbons (Fsp3) is 0. The number of anilines is 1. The molecule has 70 valence electrons. The minimum absolute atomic E-state index is 0.173. The molecule has 2 aromatic heterocycles. The minimum Gasteiger partial charge on any atom is -0.312 e. The third kappa shape index (κ3) is 1.97. The summed E-state index contributed by atoms with van der Waals surface area (Å²) >= 11 is 1.49. The predicted octanol–water partition coefficient (Wildman–Crippen LogP) is 2.40. The maximum atomic E-state index is 11.5. The van der Waals surface area contributed by atoms with Crippen LogP contribution in [-0.2, 0) is 0 Å². The number of pyridine rings is 1. The highest BCUT2D eigenvalue weighted by Crippen LogP contribution is 2.15. The number of carbonyl (C=O) groups excluding carboxylic acids is 1. The maximum absolute atomic E-state index is 11.5. The van der Waals surface area contributed by atoms with Crippen LogP contribution in [0.1, 0.15) is 10.5 Å². The number of amides is 1. The van der Waals surface area contributed by atoms with Crippen molar-refractivity contribution in [2.24, 2.45) is 0 Å². The first-order valence-electron chi connectivity index (χ1n) is 4.12. The van der Waals surface area contributed by atoms with Crippen LogP contribution in [0, 0.1) is 0 Å². The number of hydrogen-bond acceptors (Lipinski definition) is 3. The molecular weight excluding hydrogens is 196 g/mol. The number of rotatable bonds is 2. The van der Waals surface area contributed by atoms with Crippen molar-refractivity contribution in [1.29, 1.82) is 0 Å². The van der Waals surface area contributed by atoms with Gasteiger partial charge in [0.05, 0.1) is 5.00 Å². The Labute approximate surface area is 85.4 Å². The zero-order chi connectivity index (χ0) is 9.80. The number of thiophene rings is 1. The van der Waals surface area contributed by atoms with Crippen molar-refractivity contribution in [2.75, 3.05) is 5.32 Å². The van der Waals surface area contributed by atoms with E-state index in [1.54, 1.807) is 24.4 Å². The second kappa shape index (κ2) is 4.02. The van der Waals surface area contributed by atoms with Crippen LogP contribution in [0.2, 0.25) is 0 Å². The molecule has 0 aliphatic rings. The zero-order valence-corrected chi connectivity index (χ0v) is 8.12. The average Bonchev–Trinajstić information content (AvgIpc) is 2.72. The quantitative estimate of drug-likeness (QED) is 0.816. The molecule has 0 bridgehead atoms. The Hall–Kier alpha value is -1.68. The molecule has 0 spiro atoms. The Morgan fingerprint density at radius 1 is 1.29 bits per heavy atom. The van der Waals surface area contributed by atoms with Gasteiger partial charge in [0, 0.05) is 6.20 Å². The molecule has 2 heterocycles. The lowest BCUT2D eigenvalue weighted by molar-refractivity contribution is 0.102. The van der Waals surface area contributed by atoms with Gasteiger partial charge >= 0.3 is 0 Å². The van der Waals surface area contributed by atoms with Gasteiger partial charge in [-0.2, -0.15) is 0 Å². The summed E-state index contributed by atoms with van der Waals surface area (Å²) < 4.78 is 0. The molecule has 0 unspecified atom stereocenters. The lowest BCUT2D eigenvalue weighted by Gasteiger charge is -2.00. The number of nitrogens with one attached hydrogen (secondary N) is 1. The van der Waals surface area contributed by atoms with Crippen molar-refractivity contribution in [1.82, 2.24) is 4.98 Å². The molecule has 2 aromatic rings. The third-order valence-corrected chi connectivity index (χ3v) is 2.44. The molecule has 3 nitrogen and oxygen atoms in total. The second-order valence-corrected chi connectivity index (χ2v) is 3.59. The van der Waals surface area contributed by atoms with Gasteiger partial charge in [-0.25, -0.2) is 0 Å². The van der Waals surface area contributed by atoms with E-state index >= 15 is 0 Å². The Balaban J connectivity index is 2.11. The summed E-state index contributed by atoms with van der Waals surface area (Å²) in [4.78, 5) is 15.5. The van der Waals surface area contributed by atoms with Gasteiger partial charge in [0.25, 0.3) is 5.91 Å². The first-order chi connectivity index (χ1) is 6.86. The zero-order valence-electron chi connectivity index (χ0n) is 7.31. The Kier molecular flexibility index (Phi) is 2.55. The average molecular weight is 204 g/mol. The van der Waals surface area contributed by atoms with E-state index in [-0.39, 0.29) is 5.91 Å². The number of nitrogens with zero attached hydrogens (tertiary/aromatic N) is 1. The van der Waals surface area contributed by atoms with Gasteiger partial charge in [0.1, 0.15) is 5.69 Å². The standard InChI is InChI=1S/C10H8N2OS/c13-10(8-4-1-2-6-11-8)12-9-5-3-7-14-9/h1-7H,(H,12,13). The van der Waals surface area contributed by atoms with E-state index < -0.39 is 0 Å². The molecule has 0 fully saturated rings. The van der Waals surface area contributed by atoms with Crippen molar-refractivity contribution in [2.45, 2.75) is 0 Å². The van der Waals surface area contributed by atoms with Gasteiger partial charge in [-0.05, 0) is 29.6 Å². The molecular formula is C10H8N2OS. The largest absolute Gasteiger partial charge is 0.312 e. The molecule has 0 saturated heterocycles. The Morgan fingerprint density at radius 2 is 2.21 bits per heavy atom. The van der Waals surface area contributed by atoms with Gasteiger partial charge in [0.15, 0.2) is 0 Å². The van der Waals surface area contributed by atoms with Gasteiger partial charge in [-0.15, -0.1) is 11.3 Å². The van der Waals surface area contributed by atoms with E-state index in [2.05, 4.69) is 10.3 Å². The van der Waals surface area contributed by atoms with E-state index in [0.29, 0.717) is 5.69 Å². The smallest absolute Gasteiger partial charge is 0.274 e. The van der Waals surface area contributed by atoms with Crippen molar-refractivity contribution >= 4 is 22.2 Å². The summed E-state index contributed by atoms with van der Waals surface area (Å²) in [6, 6.07) is 8.99. The molecule has 0 saturated carbocycles. The molecule has 1 N–H and O–H groups in total.